The predicted molar refractivity (Wildman–Crippen MR) is 112 cm³/mol. The molecule has 2 aromatic rings. The number of thioether (sulfide) groups is 1. The first-order valence-corrected chi connectivity index (χ1v) is 9.94. The van der Waals surface area contributed by atoms with E-state index in [1.165, 1.54) is 23.9 Å². The third-order valence-corrected chi connectivity index (χ3v) is 5.04. The van der Waals surface area contributed by atoms with Gasteiger partial charge in [-0.1, -0.05) is 17.7 Å². The number of hydrogen-bond acceptors (Lipinski definition) is 7. The number of anilines is 1. The molecule has 1 amide bonds. The van der Waals surface area contributed by atoms with Crippen LogP contribution in [0.3, 0.4) is 0 Å². The van der Waals surface area contributed by atoms with Gasteiger partial charge in [0.15, 0.2) is 6.61 Å². The summed E-state index contributed by atoms with van der Waals surface area (Å²) in [4.78, 5) is 34.7. The lowest BCUT2D eigenvalue weighted by molar-refractivity contribution is -0.384. The van der Waals surface area contributed by atoms with Crippen molar-refractivity contribution in [2.45, 2.75) is 18.7 Å². The second-order valence-corrected chi connectivity index (χ2v) is 7.32. The van der Waals surface area contributed by atoms with Crippen molar-refractivity contribution in [3.63, 3.8) is 0 Å². The first-order valence-electron chi connectivity index (χ1n) is 8.96. The number of non-ortho nitro benzene ring substituents is 1. The van der Waals surface area contributed by atoms with Gasteiger partial charge in [0, 0.05) is 35.8 Å². The van der Waals surface area contributed by atoms with Crippen LogP contribution < -0.4 is 10.6 Å². The smallest absolute Gasteiger partial charge is 0.316 e. The largest absolute Gasteiger partial charge is 0.455 e. The number of benzene rings is 2. The third kappa shape index (κ3) is 7.82. The van der Waals surface area contributed by atoms with Crippen LogP contribution in [-0.2, 0) is 14.3 Å². The van der Waals surface area contributed by atoms with E-state index in [4.69, 9.17) is 4.74 Å². The van der Waals surface area contributed by atoms with E-state index in [2.05, 4.69) is 10.6 Å². The fraction of sp³-hybridized carbons (Fsp3) is 0.300. The Kier molecular flexibility index (Phi) is 8.47. The van der Waals surface area contributed by atoms with Gasteiger partial charge >= 0.3 is 5.97 Å². The van der Waals surface area contributed by atoms with Gasteiger partial charge in [0.2, 0.25) is 0 Å². The molecular formula is C20H23N3O5S. The summed E-state index contributed by atoms with van der Waals surface area (Å²) in [6, 6.07) is 12.0. The van der Waals surface area contributed by atoms with Crippen LogP contribution in [0.2, 0.25) is 0 Å². The molecule has 0 saturated heterocycles. The Balaban J connectivity index is 1.60. The number of rotatable bonds is 10. The van der Waals surface area contributed by atoms with Gasteiger partial charge in [0.25, 0.3) is 11.6 Å². The highest BCUT2D eigenvalue weighted by molar-refractivity contribution is 8.00. The lowest BCUT2D eigenvalue weighted by Gasteiger charge is -2.09. The van der Waals surface area contributed by atoms with E-state index in [-0.39, 0.29) is 24.0 Å². The number of nitro groups is 1. The Labute approximate surface area is 173 Å². The number of esters is 1. The van der Waals surface area contributed by atoms with Crippen LogP contribution in [-0.4, -0.2) is 42.2 Å². The third-order valence-electron chi connectivity index (χ3n) is 3.91. The Morgan fingerprint density at radius 2 is 1.83 bits per heavy atom. The first kappa shape index (κ1) is 22.2. The van der Waals surface area contributed by atoms with Gasteiger partial charge < -0.3 is 15.4 Å². The molecule has 8 nitrogen and oxygen atoms in total. The molecular weight excluding hydrogens is 394 g/mol. The predicted octanol–water partition coefficient (Wildman–Crippen LogP) is 3.08. The van der Waals surface area contributed by atoms with Gasteiger partial charge in [-0.2, -0.15) is 0 Å². The quantitative estimate of drug-likeness (QED) is 0.201. The summed E-state index contributed by atoms with van der Waals surface area (Å²) in [5.74, 6) is -0.699. The molecule has 154 valence electrons. The summed E-state index contributed by atoms with van der Waals surface area (Å²) >= 11 is 1.38. The molecule has 0 unspecified atom stereocenters. The van der Waals surface area contributed by atoms with Crippen molar-refractivity contribution in [3.8, 4) is 0 Å². The summed E-state index contributed by atoms with van der Waals surface area (Å²) in [5, 5.41) is 16.3. The van der Waals surface area contributed by atoms with Gasteiger partial charge in [-0.3, -0.25) is 19.7 Å². The minimum Gasteiger partial charge on any atom is -0.455 e. The molecule has 2 aromatic carbocycles. The average Bonchev–Trinajstić information content (AvgIpc) is 2.70. The highest BCUT2D eigenvalue weighted by Crippen LogP contribution is 2.23. The minimum absolute atomic E-state index is 0.0152. The Bertz CT molecular complexity index is 871. The maximum atomic E-state index is 11.8. The fourth-order valence-corrected chi connectivity index (χ4v) is 3.27. The lowest BCUT2D eigenvalue weighted by atomic mass is 10.2. The Morgan fingerprint density at radius 1 is 1.10 bits per heavy atom. The van der Waals surface area contributed by atoms with Crippen molar-refractivity contribution in [1.29, 1.82) is 0 Å². The number of carbonyl (C=O) groups is 2. The van der Waals surface area contributed by atoms with E-state index in [0.29, 0.717) is 18.8 Å². The Morgan fingerprint density at radius 3 is 2.52 bits per heavy atom. The van der Waals surface area contributed by atoms with E-state index in [1.807, 2.05) is 32.0 Å². The van der Waals surface area contributed by atoms with Crippen molar-refractivity contribution in [2.75, 3.05) is 30.8 Å². The summed E-state index contributed by atoms with van der Waals surface area (Å²) in [7, 11) is 0. The van der Waals surface area contributed by atoms with Crippen molar-refractivity contribution in [3.05, 3.63) is 63.7 Å². The van der Waals surface area contributed by atoms with Crippen LogP contribution in [0.4, 0.5) is 11.4 Å². The highest BCUT2D eigenvalue weighted by atomic mass is 32.2. The van der Waals surface area contributed by atoms with E-state index in [0.717, 1.165) is 16.0 Å². The normalized spacial score (nSPS) is 10.3. The number of aryl methyl sites for hydroxylation is 2. The molecule has 9 heteroatoms. The fourth-order valence-electron chi connectivity index (χ4n) is 2.35. The van der Waals surface area contributed by atoms with E-state index in [9.17, 15) is 19.7 Å². The average molecular weight is 417 g/mol. The lowest BCUT2D eigenvalue weighted by Crippen LogP contribution is -2.32. The molecule has 0 aliphatic carbocycles. The van der Waals surface area contributed by atoms with Crippen LogP contribution in [0.15, 0.2) is 47.4 Å². The van der Waals surface area contributed by atoms with Crippen molar-refractivity contribution in [1.82, 2.24) is 5.32 Å². The van der Waals surface area contributed by atoms with Gasteiger partial charge in [0.05, 0.1) is 10.7 Å². The van der Waals surface area contributed by atoms with Crippen LogP contribution in [0.25, 0.3) is 0 Å². The van der Waals surface area contributed by atoms with E-state index < -0.39 is 10.9 Å². The highest BCUT2D eigenvalue weighted by Gasteiger charge is 2.09. The van der Waals surface area contributed by atoms with Gasteiger partial charge in [-0.05, 0) is 37.6 Å². The van der Waals surface area contributed by atoms with Crippen LogP contribution in [0, 0.1) is 24.0 Å². The number of nitro benzene ring substituents is 1. The van der Waals surface area contributed by atoms with Crippen LogP contribution >= 0.6 is 11.8 Å². The topological polar surface area (TPSA) is 111 Å². The monoisotopic (exact) mass is 417 g/mol. The zero-order valence-corrected chi connectivity index (χ0v) is 17.1. The maximum absolute atomic E-state index is 11.8. The molecule has 0 spiro atoms. The number of ether oxygens (including phenoxy) is 1. The summed E-state index contributed by atoms with van der Waals surface area (Å²) in [6.45, 7) is 4.39. The number of amides is 1. The Hall–Kier alpha value is -3.07. The van der Waals surface area contributed by atoms with Crippen molar-refractivity contribution >= 4 is 35.0 Å². The van der Waals surface area contributed by atoms with Crippen LogP contribution in [0.1, 0.15) is 11.1 Å². The second kappa shape index (κ2) is 11.1. The molecule has 0 aliphatic rings. The number of nitrogens with zero attached hydrogens (tertiary/aromatic N) is 1. The molecule has 0 saturated carbocycles. The molecule has 0 bridgehead atoms. The van der Waals surface area contributed by atoms with E-state index >= 15 is 0 Å². The summed E-state index contributed by atoms with van der Waals surface area (Å²) in [6.07, 6.45) is 0. The number of hydrogen-bond donors (Lipinski definition) is 2. The summed E-state index contributed by atoms with van der Waals surface area (Å²) < 4.78 is 4.99. The minimum atomic E-state index is -0.466. The SMILES string of the molecule is Cc1ccc(C)c(SCC(=O)OCC(=O)NCCNc2ccc([N+](=O)[O-])cc2)c1. The van der Waals surface area contributed by atoms with Crippen molar-refractivity contribution in [2.24, 2.45) is 0 Å². The zero-order chi connectivity index (χ0) is 21.2. The van der Waals surface area contributed by atoms with Crippen molar-refractivity contribution < 1.29 is 19.2 Å². The molecule has 0 radical (unpaired) electrons. The zero-order valence-electron chi connectivity index (χ0n) is 16.3. The van der Waals surface area contributed by atoms with Gasteiger partial charge in [-0.15, -0.1) is 11.8 Å². The van der Waals surface area contributed by atoms with Crippen LogP contribution in [0.5, 0.6) is 0 Å². The number of nitrogens with one attached hydrogen (secondary N) is 2. The first-order chi connectivity index (χ1) is 13.8. The summed E-state index contributed by atoms with van der Waals surface area (Å²) in [5.41, 5.74) is 2.93. The van der Waals surface area contributed by atoms with E-state index in [1.54, 1.807) is 12.1 Å². The molecule has 0 heterocycles. The maximum Gasteiger partial charge on any atom is 0.316 e. The molecule has 0 aliphatic heterocycles. The molecule has 0 aromatic heterocycles. The standard InChI is InChI=1S/C20H23N3O5S/c1-14-3-4-15(2)18(11-14)29-13-20(25)28-12-19(24)22-10-9-21-16-5-7-17(8-6-16)23(26)27/h3-8,11,21H,9-10,12-13H2,1-2H3,(H,22,24). The molecule has 2 rings (SSSR count). The molecule has 29 heavy (non-hydrogen) atoms. The van der Waals surface area contributed by atoms with Gasteiger partial charge in [-0.25, -0.2) is 0 Å². The number of carbonyl (C=O) groups excluding carboxylic acids is 2. The second-order valence-electron chi connectivity index (χ2n) is 6.30. The molecule has 0 atom stereocenters. The molecule has 2 N–H and O–H groups in total. The van der Waals surface area contributed by atoms with Gasteiger partial charge in [0.1, 0.15) is 0 Å². The molecule has 0 fully saturated rings.